The predicted molar refractivity (Wildman–Crippen MR) is 58.3 cm³/mol. The minimum absolute atomic E-state index is 0.0649. The average Bonchev–Trinajstić information content (AvgIpc) is 2.32. The summed E-state index contributed by atoms with van der Waals surface area (Å²) in [5.41, 5.74) is 2.82. The Kier molecular flexibility index (Phi) is 2.78. The third-order valence-electron chi connectivity index (χ3n) is 2.40. The van der Waals surface area contributed by atoms with Crippen molar-refractivity contribution < 1.29 is 19.5 Å². The lowest BCUT2D eigenvalue weighted by Gasteiger charge is -2.27. The quantitative estimate of drug-likeness (QED) is 0.782. The summed E-state index contributed by atoms with van der Waals surface area (Å²) >= 11 is 0. The van der Waals surface area contributed by atoms with Gasteiger partial charge in [-0.25, -0.2) is 9.80 Å². The van der Waals surface area contributed by atoms with Gasteiger partial charge in [-0.05, 0) is 18.2 Å². The van der Waals surface area contributed by atoms with E-state index in [9.17, 15) is 14.4 Å². The molecule has 1 aromatic rings. The lowest BCUT2D eigenvalue weighted by atomic mass is 10.1. The number of carbonyl (C=O) groups is 3. The van der Waals surface area contributed by atoms with Crippen LogP contribution in [0, 0.1) is 0 Å². The lowest BCUT2D eigenvalue weighted by Crippen LogP contribution is -2.50. The van der Waals surface area contributed by atoms with Crippen molar-refractivity contribution in [1.82, 2.24) is 5.43 Å². The van der Waals surface area contributed by atoms with Gasteiger partial charge in [0.1, 0.15) is 0 Å². The van der Waals surface area contributed by atoms with Crippen molar-refractivity contribution in [3.63, 3.8) is 0 Å². The highest BCUT2D eigenvalue weighted by Crippen LogP contribution is 2.18. The largest absolute Gasteiger partial charge is 0.478 e. The van der Waals surface area contributed by atoms with E-state index in [0.717, 1.165) is 5.01 Å². The molecule has 1 saturated heterocycles. The molecule has 6 heteroatoms. The van der Waals surface area contributed by atoms with E-state index < -0.39 is 5.97 Å². The number of anilines is 1. The molecule has 1 fully saturated rings. The van der Waals surface area contributed by atoms with Crippen LogP contribution in [0.4, 0.5) is 5.69 Å². The maximum atomic E-state index is 11.6. The Labute approximate surface area is 96.8 Å². The van der Waals surface area contributed by atoms with Crippen LogP contribution in [0.5, 0.6) is 0 Å². The predicted octanol–water partition coefficient (Wildman–Crippen LogP) is 0.543. The Balaban J connectivity index is 2.32. The normalized spacial score (nSPS) is 15.6. The maximum Gasteiger partial charge on any atom is 0.335 e. The fraction of sp³-hybridized carbons (Fsp3) is 0.182. The summed E-state index contributed by atoms with van der Waals surface area (Å²) in [6, 6.07) is 5.84. The zero-order valence-corrected chi connectivity index (χ0v) is 8.84. The number of carboxylic acid groups (broad SMARTS) is 1. The number of benzene rings is 1. The van der Waals surface area contributed by atoms with Crippen LogP contribution in [-0.4, -0.2) is 22.9 Å². The molecule has 6 nitrogen and oxygen atoms in total. The summed E-state index contributed by atoms with van der Waals surface area (Å²) < 4.78 is 0. The molecule has 0 radical (unpaired) electrons. The minimum Gasteiger partial charge on any atom is -0.478 e. The van der Waals surface area contributed by atoms with Crippen LogP contribution in [-0.2, 0) is 9.59 Å². The summed E-state index contributed by atoms with van der Waals surface area (Å²) in [6.45, 7) is 0. The topological polar surface area (TPSA) is 86.7 Å². The van der Waals surface area contributed by atoms with Gasteiger partial charge in [0.15, 0.2) is 0 Å². The van der Waals surface area contributed by atoms with Crippen LogP contribution in [0.25, 0.3) is 0 Å². The fourth-order valence-corrected chi connectivity index (χ4v) is 1.56. The van der Waals surface area contributed by atoms with Crippen molar-refractivity contribution in [2.24, 2.45) is 0 Å². The van der Waals surface area contributed by atoms with E-state index in [2.05, 4.69) is 5.43 Å². The first kappa shape index (κ1) is 11.1. The molecule has 0 aliphatic carbocycles. The number of hydrogen-bond donors (Lipinski definition) is 2. The second-order valence-corrected chi connectivity index (χ2v) is 3.62. The van der Waals surface area contributed by atoms with Crippen molar-refractivity contribution in [1.29, 1.82) is 0 Å². The molecule has 0 aromatic heterocycles. The lowest BCUT2D eigenvalue weighted by molar-refractivity contribution is -0.130. The standard InChI is InChI=1S/C11H10N2O4/c14-9-4-5-10(15)13(12-9)8-3-1-2-7(6-8)11(16)17/h1-3,6H,4-5H2,(H,12,14)(H,16,17). The highest BCUT2D eigenvalue weighted by molar-refractivity contribution is 6.01. The first-order valence-corrected chi connectivity index (χ1v) is 5.04. The Morgan fingerprint density at radius 1 is 1.29 bits per heavy atom. The number of amides is 2. The molecule has 0 saturated carbocycles. The zero-order chi connectivity index (χ0) is 12.4. The van der Waals surface area contributed by atoms with Gasteiger partial charge in [-0.3, -0.25) is 15.0 Å². The Bertz CT molecular complexity index is 498. The van der Waals surface area contributed by atoms with Gasteiger partial charge in [0.25, 0.3) is 0 Å². The van der Waals surface area contributed by atoms with E-state index in [1.165, 1.54) is 18.2 Å². The number of aromatic carboxylic acids is 1. The van der Waals surface area contributed by atoms with Crippen LogP contribution in [0.2, 0.25) is 0 Å². The number of carbonyl (C=O) groups excluding carboxylic acids is 2. The van der Waals surface area contributed by atoms with Crippen LogP contribution < -0.4 is 10.4 Å². The third kappa shape index (κ3) is 2.25. The van der Waals surface area contributed by atoms with Crippen molar-refractivity contribution >= 4 is 23.5 Å². The first-order chi connectivity index (χ1) is 8.08. The van der Waals surface area contributed by atoms with Gasteiger partial charge in [0.05, 0.1) is 11.3 Å². The second-order valence-electron chi connectivity index (χ2n) is 3.62. The highest BCUT2D eigenvalue weighted by atomic mass is 16.4. The molecule has 17 heavy (non-hydrogen) atoms. The number of nitrogens with one attached hydrogen (secondary N) is 1. The van der Waals surface area contributed by atoms with E-state index in [1.807, 2.05) is 0 Å². The molecule has 0 unspecified atom stereocenters. The molecule has 1 aliphatic heterocycles. The van der Waals surface area contributed by atoms with Crippen LogP contribution in [0.1, 0.15) is 23.2 Å². The molecule has 2 rings (SSSR count). The van der Waals surface area contributed by atoms with Crippen molar-refractivity contribution in [3.8, 4) is 0 Å². The zero-order valence-electron chi connectivity index (χ0n) is 8.84. The molecule has 1 aliphatic rings. The Morgan fingerprint density at radius 2 is 2.06 bits per heavy atom. The smallest absolute Gasteiger partial charge is 0.335 e. The molecule has 0 bridgehead atoms. The van der Waals surface area contributed by atoms with Gasteiger partial charge in [0, 0.05) is 12.8 Å². The molecule has 2 amide bonds. The van der Waals surface area contributed by atoms with Crippen molar-refractivity contribution in [3.05, 3.63) is 29.8 Å². The highest BCUT2D eigenvalue weighted by Gasteiger charge is 2.24. The maximum absolute atomic E-state index is 11.6. The van der Waals surface area contributed by atoms with E-state index in [0.29, 0.717) is 5.69 Å². The number of rotatable bonds is 2. The summed E-state index contributed by atoms with van der Waals surface area (Å²) in [5.74, 6) is -1.60. The number of hydrazine groups is 1. The van der Waals surface area contributed by atoms with Crippen LogP contribution in [0.3, 0.4) is 0 Å². The number of carboxylic acids is 1. The van der Waals surface area contributed by atoms with Gasteiger partial charge >= 0.3 is 5.97 Å². The molecule has 2 N–H and O–H groups in total. The second kappa shape index (κ2) is 4.25. The van der Waals surface area contributed by atoms with E-state index in [-0.39, 0.29) is 30.2 Å². The van der Waals surface area contributed by atoms with Gasteiger partial charge in [0.2, 0.25) is 11.8 Å². The number of hydrogen-bond acceptors (Lipinski definition) is 3. The SMILES string of the molecule is O=C1CCC(=O)N(c2cccc(C(=O)O)c2)N1. The molecule has 0 atom stereocenters. The monoisotopic (exact) mass is 234 g/mol. The van der Waals surface area contributed by atoms with Gasteiger partial charge < -0.3 is 5.11 Å². The van der Waals surface area contributed by atoms with Gasteiger partial charge in [-0.2, -0.15) is 0 Å². The molecular formula is C11H10N2O4. The van der Waals surface area contributed by atoms with Crippen LogP contribution >= 0.6 is 0 Å². The van der Waals surface area contributed by atoms with Gasteiger partial charge in [-0.15, -0.1) is 0 Å². The van der Waals surface area contributed by atoms with Crippen molar-refractivity contribution in [2.75, 3.05) is 5.01 Å². The fourth-order valence-electron chi connectivity index (χ4n) is 1.56. The molecule has 88 valence electrons. The first-order valence-electron chi connectivity index (χ1n) is 5.04. The third-order valence-corrected chi connectivity index (χ3v) is 2.40. The molecular weight excluding hydrogens is 224 g/mol. The summed E-state index contributed by atoms with van der Waals surface area (Å²) in [7, 11) is 0. The molecule has 0 spiro atoms. The Hall–Kier alpha value is -2.37. The summed E-state index contributed by atoms with van der Waals surface area (Å²) in [5, 5.41) is 9.92. The van der Waals surface area contributed by atoms with E-state index in [4.69, 9.17) is 5.11 Å². The molecule has 1 heterocycles. The van der Waals surface area contributed by atoms with E-state index >= 15 is 0 Å². The van der Waals surface area contributed by atoms with Crippen molar-refractivity contribution in [2.45, 2.75) is 12.8 Å². The van der Waals surface area contributed by atoms with Crippen LogP contribution in [0.15, 0.2) is 24.3 Å². The number of nitrogens with zero attached hydrogens (tertiary/aromatic N) is 1. The summed E-state index contributed by atoms with van der Waals surface area (Å²) in [6.07, 6.45) is 0.289. The molecule has 1 aromatic carbocycles. The van der Waals surface area contributed by atoms with E-state index in [1.54, 1.807) is 6.07 Å². The average molecular weight is 234 g/mol. The minimum atomic E-state index is -1.08. The summed E-state index contributed by atoms with van der Waals surface area (Å²) in [4.78, 5) is 33.6. The Morgan fingerprint density at radius 3 is 2.76 bits per heavy atom. The van der Waals surface area contributed by atoms with Gasteiger partial charge in [-0.1, -0.05) is 6.07 Å².